The van der Waals surface area contributed by atoms with E-state index in [4.69, 9.17) is 9.47 Å². The second kappa shape index (κ2) is 5.84. The Kier molecular flexibility index (Phi) is 4.11. The van der Waals surface area contributed by atoms with Crippen molar-refractivity contribution in [2.24, 2.45) is 11.8 Å². The third-order valence-electron chi connectivity index (χ3n) is 5.09. The maximum Gasteiger partial charge on any atom is 0.175 e. The van der Waals surface area contributed by atoms with Gasteiger partial charge in [-0.3, -0.25) is 4.90 Å². The highest BCUT2D eigenvalue weighted by Gasteiger charge is 2.52. The highest BCUT2D eigenvalue weighted by molar-refractivity contribution is 5.15. The predicted molar refractivity (Wildman–Crippen MR) is 79.3 cm³/mol. The normalized spacial score (nSPS) is 29.3. The van der Waals surface area contributed by atoms with Crippen LogP contribution in [0.2, 0.25) is 0 Å². The van der Waals surface area contributed by atoms with Gasteiger partial charge in [-0.1, -0.05) is 36.8 Å². The topological polar surface area (TPSA) is 21.7 Å². The summed E-state index contributed by atoms with van der Waals surface area (Å²) in [6.45, 7) is 3.19. The van der Waals surface area contributed by atoms with Gasteiger partial charge in [0.15, 0.2) is 5.79 Å². The van der Waals surface area contributed by atoms with E-state index in [9.17, 15) is 0 Å². The molecule has 110 valence electrons. The van der Waals surface area contributed by atoms with E-state index in [0.29, 0.717) is 11.8 Å². The third kappa shape index (κ3) is 2.39. The number of hydrogen-bond acceptors (Lipinski definition) is 3. The van der Waals surface area contributed by atoms with E-state index < -0.39 is 0 Å². The minimum absolute atomic E-state index is 0.342. The lowest BCUT2D eigenvalue weighted by Crippen LogP contribution is -2.61. The molecule has 0 amide bonds. The minimum atomic E-state index is -0.342. The number of fused-ring (bicyclic) bond motifs is 2. The molecule has 1 heterocycles. The van der Waals surface area contributed by atoms with Crippen LogP contribution in [0, 0.1) is 11.8 Å². The molecule has 0 radical (unpaired) electrons. The standard InChI is InChI=1S/C17H25NO2/c1-19-17(20-2)15-9-6-10-16(17)13-18(12-15)11-14-7-4-3-5-8-14/h3-5,7-8,15-16H,6,9-13H2,1-2H3/t15-,16+. The third-order valence-corrected chi connectivity index (χ3v) is 5.09. The van der Waals surface area contributed by atoms with E-state index in [1.165, 1.54) is 24.8 Å². The highest BCUT2D eigenvalue weighted by Crippen LogP contribution is 2.45. The Hall–Kier alpha value is -0.900. The zero-order valence-electron chi connectivity index (χ0n) is 12.5. The predicted octanol–water partition coefficient (Wildman–Crippen LogP) is 2.91. The summed E-state index contributed by atoms with van der Waals surface area (Å²) in [5.74, 6) is 0.647. The number of piperidine rings is 1. The number of ether oxygens (including phenoxy) is 2. The molecule has 1 saturated carbocycles. The van der Waals surface area contributed by atoms with Crippen molar-refractivity contribution in [1.29, 1.82) is 0 Å². The zero-order valence-corrected chi connectivity index (χ0v) is 12.5. The van der Waals surface area contributed by atoms with Crippen LogP contribution in [0.1, 0.15) is 24.8 Å². The fourth-order valence-electron chi connectivity index (χ4n) is 4.20. The first kappa shape index (κ1) is 14.1. The molecule has 2 bridgehead atoms. The Morgan fingerprint density at radius 1 is 1.05 bits per heavy atom. The fourth-order valence-corrected chi connectivity index (χ4v) is 4.20. The second-order valence-electron chi connectivity index (χ2n) is 6.13. The smallest absolute Gasteiger partial charge is 0.175 e. The van der Waals surface area contributed by atoms with E-state index in [2.05, 4.69) is 35.2 Å². The Morgan fingerprint density at radius 2 is 1.65 bits per heavy atom. The van der Waals surface area contributed by atoms with Crippen LogP contribution < -0.4 is 0 Å². The summed E-state index contributed by atoms with van der Waals surface area (Å²) < 4.78 is 11.7. The Bertz CT molecular complexity index is 414. The summed E-state index contributed by atoms with van der Waals surface area (Å²) in [6.07, 6.45) is 3.73. The van der Waals surface area contributed by atoms with Crippen LogP contribution in [0.5, 0.6) is 0 Å². The molecule has 1 aromatic rings. The minimum Gasteiger partial charge on any atom is -0.353 e. The summed E-state index contributed by atoms with van der Waals surface area (Å²) in [7, 11) is 3.61. The monoisotopic (exact) mass is 275 g/mol. The van der Waals surface area contributed by atoms with Crippen molar-refractivity contribution in [3.05, 3.63) is 35.9 Å². The molecule has 3 rings (SSSR count). The molecule has 1 saturated heterocycles. The van der Waals surface area contributed by atoms with Gasteiger partial charge in [0, 0.05) is 45.7 Å². The lowest BCUT2D eigenvalue weighted by molar-refractivity contribution is -0.303. The van der Waals surface area contributed by atoms with Crippen LogP contribution in [-0.4, -0.2) is 38.0 Å². The Morgan fingerprint density at radius 3 is 2.20 bits per heavy atom. The van der Waals surface area contributed by atoms with E-state index >= 15 is 0 Å². The maximum atomic E-state index is 5.84. The summed E-state index contributed by atoms with van der Waals surface area (Å²) in [5.41, 5.74) is 1.40. The number of methoxy groups -OCH3 is 2. The first-order valence-corrected chi connectivity index (χ1v) is 7.65. The average Bonchev–Trinajstić information content (AvgIpc) is 2.47. The van der Waals surface area contributed by atoms with Crippen molar-refractivity contribution in [1.82, 2.24) is 4.90 Å². The van der Waals surface area contributed by atoms with Gasteiger partial charge in [-0.05, 0) is 18.4 Å². The second-order valence-corrected chi connectivity index (χ2v) is 6.13. The van der Waals surface area contributed by atoms with Crippen molar-refractivity contribution in [3.63, 3.8) is 0 Å². The molecule has 1 aliphatic heterocycles. The van der Waals surface area contributed by atoms with Gasteiger partial charge in [-0.15, -0.1) is 0 Å². The number of hydrogen-bond donors (Lipinski definition) is 0. The van der Waals surface area contributed by atoms with Gasteiger partial charge >= 0.3 is 0 Å². The molecule has 2 fully saturated rings. The number of rotatable bonds is 4. The summed E-state index contributed by atoms with van der Waals surface area (Å²) in [4.78, 5) is 2.57. The molecule has 0 spiro atoms. The van der Waals surface area contributed by atoms with Crippen molar-refractivity contribution in [2.75, 3.05) is 27.3 Å². The van der Waals surface area contributed by atoms with Gasteiger partial charge in [0.25, 0.3) is 0 Å². The van der Waals surface area contributed by atoms with Gasteiger partial charge in [0.2, 0.25) is 0 Å². The molecule has 3 nitrogen and oxygen atoms in total. The van der Waals surface area contributed by atoms with Gasteiger partial charge in [0.1, 0.15) is 0 Å². The number of likely N-dealkylation sites (tertiary alicyclic amines) is 1. The highest BCUT2D eigenvalue weighted by atomic mass is 16.7. The van der Waals surface area contributed by atoms with Gasteiger partial charge in [0.05, 0.1) is 0 Å². The average molecular weight is 275 g/mol. The first-order chi connectivity index (χ1) is 9.78. The molecule has 2 atom stereocenters. The summed E-state index contributed by atoms with van der Waals surface area (Å²) in [6, 6.07) is 10.7. The van der Waals surface area contributed by atoms with E-state index in [0.717, 1.165) is 19.6 Å². The lowest BCUT2D eigenvalue weighted by atomic mass is 9.72. The van der Waals surface area contributed by atoms with Crippen LogP contribution in [0.15, 0.2) is 30.3 Å². The van der Waals surface area contributed by atoms with Crippen molar-refractivity contribution >= 4 is 0 Å². The molecule has 1 aromatic carbocycles. The molecule has 0 N–H and O–H groups in total. The van der Waals surface area contributed by atoms with Crippen LogP contribution in [0.4, 0.5) is 0 Å². The quantitative estimate of drug-likeness (QED) is 0.789. The molecular weight excluding hydrogens is 250 g/mol. The number of benzene rings is 1. The molecule has 0 unspecified atom stereocenters. The zero-order chi connectivity index (χ0) is 14.0. The molecule has 3 heteroatoms. The van der Waals surface area contributed by atoms with E-state index in [1.807, 2.05) is 14.2 Å². The molecule has 2 aliphatic rings. The van der Waals surface area contributed by atoms with Crippen LogP contribution in [0.3, 0.4) is 0 Å². The maximum absolute atomic E-state index is 5.84. The molecular formula is C17H25NO2. The van der Waals surface area contributed by atoms with Crippen LogP contribution in [-0.2, 0) is 16.0 Å². The Balaban J connectivity index is 1.74. The number of nitrogens with zero attached hydrogens (tertiary/aromatic N) is 1. The van der Waals surface area contributed by atoms with Gasteiger partial charge < -0.3 is 9.47 Å². The van der Waals surface area contributed by atoms with Gasteiger partial charge in [-0.25, -0.2) is 0 Å². The van der Waals surface area contributed by atoms with Gasteiger partial charge in [-0.2, -0.15) is 0 Å². The van der Waals surface area contributed by atoms with E-state index in [1.54, 1.807) is 0 Å². The fraction of sp³-hybridized carbons (Fsp3) is 0.647. The molecule has 20 heavy (non-hydrogen) atoms. The largest absolute Gasteiger partial charge is 0.353 e. The molecule has 1 aliphatic carbocycles. The van der Waals surface area contributed by atoms with Crippen molar-refractivity contribution in [2.45, 2.75) is 31.6 Å². The van der Waals surface area contributed by atoms with Crippen LogP contribution >= 0.6 is 0 Å². The van der Waals surface area contributed by atoms with Crippen molar-refractivity contribution in [3.8, 4) is 0 Å². The van der Waals surface area contributed by atoms with Crippen LogP contribution in [0.25, 0.3) is 0 Å². The summed E-state index contributed by atoms with van der Waals surface area (Å²) in [5, 5.41) is 0. The van der Waals surface area contributed by atoms with E-state index in [-0.39, 0.29) is 5.79 Å². The Labute approximate surface area is 121 Å². The summed E-state index contributed by atoms with van der Waals surface area (Å²) >= 11 is 0. The SMILES string of the molecule is COC1(OC)[C@@H]2CCC[C@H]1CN(Cc1ccccc1)C2. The lowest BCUT2D eigenvalue weighted by Gasteiger charge is -2.53. The first-order valence-electron chi connectivity index (χ1n) is 7.65. The van der Waals surface area contributed by atoms with Crippen molar-refractivity contribution < 1.29 is 9.47 Å². The molecule has 0 aromatic heterocycles.